The number of nitrogens with one attached hydrogen (secondary N) is 1. The fraction of sp³-hybridized carbons (Fsp3) is 0.467. The van der Waals surface area contributed by atoms with Crippen LogP contribution in [0.15, 0.2) is 24.3 Å². The molecule has 1 unspecified atom stereocenters. The van der Waals surface area contributed by atoms with Gasteiger partial charge in [-0.3, -0.25) is 19.7 Å². The van der Waals surface area contributed by atoms with E-state index in [9.17, 15) is 28.1 Å². The molecule has 1 atom stereocenters. The molecule has 11 heteroatoms. The molecule has 1 aromatic carbocycles. The van der Waals surface area contributed by atoms with Crippen molar-refractivity contribution in [3.8, 4) is 0 Å². The van der Waals surface area contributed by atoms with Gasteiger partial charge in [-0.05, 0) is 13.3 Å². The molecular formula is C15H21N3O7S. The fourth-order valence-electron chi connectivity index (χ4n) is 2.30. The third kappa shape index (κ3) is 6.08. The van der Waals surface area contributed by atoms with Crippen molar-refractivity contribution in [3.05, 3.63) is 39.9 Å². The van der Waals surface area contributed by atoms with Gasteiger partial charge in [-0.1, -0.05) is 18.2 Å². The molecule has 0 saturated heterocycles. The Morgan fingerprint density at radius 2 is 1.96 bits per heavy atom. The molecule has 0 fully saturated rings. The number of amides is 1. The van der Waals surface area contributed by atoms with E-state index in [-0.39, 0.29) is 36.7 Å². The molecule has 2 N–H and O–H groups in total. The zero-order chi connectivity index (χ0) is 19.9. The van der Waals surface area contributed by atoms with Crippen LogP contribution in [-0.2, 0) is 26.0 Å². The van der Waals surface area contributed by atoms with E-state index in [0.717, 1.165) is 4.31 Å². The number of benzene rings is 1. The number of nitro groups is 1. The lowest BCUT2D eigenvalue weighted by Gasteiger charge is -2.25. The van der Waals surface area contributed by atoms with E-state index in [2.05, 4.69) is 5.32 Å². The third-order valence-corrected chi connectivity index (χ3v) is 5.60. The molecule has 0 heterocycles. The first kappa shape index (κ1) is 21.5. The van der Waals surface area contributed by atoms with E-state index in [1.807, 2.05) is 0 Å². The van der Waals surface area contributed by atoms with E-state index < -0.39 is 32.7 Å². The van der Waals surface area contributed by atoms with Gasteiger partial charge in [0.2, 0.25) is 15.9 Å². The van der Waals surface area contributed by atoms with Crippen LogP contribution in [0.25, 0.3) is 0 Å². The molecule has 1 amide bonds. The van der Waals surface area contributed by atoms with Gasteiger partial charge in [0.1, 0.15) is 6.04 Å². The van der Waals surface area contributed by atoms with E-state index >= 15 is 0 Å². The van der Waals surface area contributed by atoms with Gasteiger partial charge in [0.05, 0.1) is 10.7 Å². The van der Waals surface area contributed by atoms with E-state index in [1.165, 1.54) is 32.0 Å². The van der Waals surface area contributed by atoms with Crippen molar-refractivity contribution in [1.29, 1.82) is 0 Å². The number of carbonyl (C=O) groups excluding carboxylic acids is 1. The van der Waals surface area contributed by atoms with Crippen LogP contribution < -0.4 is 5.32 Å². The molecule has 26 heavy (non-hydrogen) atoms. The van der Waals surface area contributed by atoms with Crippen LogP contribution in [0.5, 0.6) is 0 Å². The number of para-hydroxylation sites is 1. The summed E-state index contributed by atoms with van der Waals surface area (Å²) >= 11 is 0. The molecule has 144 valence electrons. The molecule has 0 bridgehead atoms. The molecule has 0 radical (unpaired) electrons. The molecule has 10 nitrogen and oxygen atoms in total. The predicted octanol–water partition coefficient (Wildman–Crippen LogP) is 0.378. The Balaban J connectivity index is 2.96. The number of nitro benzene ring substituents is 1. The summed E-state index contributed by atoms with van der Waals surface area (Å²) in [5, 5.41) is 22.6. The Morgan fingerprint density at radius 3 is 2.50 bits per heavy atom. The monoisotopic (exact) mass is 387 g/mol. The number of aryl methyl sites for hydroxylation is 1. The lowest BCUT2D eigenvalue weighted by molar-refractivity contribution is -0.385. The topological polar surface area (TPSA) is 147 Å². The number of nitrogens with zero attached hydrogens (tertiary/aromatic N) is 2. The normalized spacial score (nSPS) is 12.6. The second-order valence-electron chi connectivity index (χ2n) is 5.56. The summed E-state index contributed by atoms with van der Waals surface area (Å²) in [4.78, 5) is 32.6. The maximum Gasteiger partial charge on any atom is 0.321 e. The van der Waals surface area contributed by atoms with Crippen LogP contribution in [0.2, 0.25) is 0 Å². The predicted molar refractivity (Wildman–Crippen MR) is 93.1 cm³/mol. The Labute approximate surface area is 151 Å². The van der Waals surface area contributed by atoms with Crippen LogP contribution >= 0.6 is 0 Å². The van der Waals surface area contributed by atoms with Crippen LogP contribution in [0.4, 0.5) is 5.69 Å². The fourth-order valence-corrected chi connectivity index (χ4v) is 3.95. The van der Waals surface area contributed by atoms with E-state index in [1.54, 1.807) is 6.07 Å². The smallest absolute Gasteiger partial charge is 0.321 e. The van der Waals surface area contributed by atoms with Crippen LogP contribution in [-0.4, -0.2) is 59.5 Å². The maximum absolute atomic E-state index is 12.6. The highest BCUT2D eigenvalue weighted by molar-refractivity contribution is 7.89. The van der Waals surface area contributed by atoms with Crippen molar-refractivity contribution in [2.45, 2.75) is 26.3 Å². The largest absolute Gasteiger partial charge is 0.480 e. The van der Waals surface area contributed by atoms with Gasteiger partial charge in [0.25, 0.3) is 5.69 Å². The van der Waals surface area contributed by atoms with Crippen LogP contribution in [0.3, 0.4) is 0 Å². The van der Waals surface area contributed by atoms with Crippen molar-refractivity contribution in [2.24, 2.45) is 0 Å². The first-order chi connectivity index (χ1) is 12.1. The second-order valence-corrected chi connectivity index (χ2v) is 7.60. The zero-order valence-corrected chi connectivity index (χ0v) is 15.2. The number of aliphatic carboxylic acids is 1. The molecule has 1 aromatic rings. The molecule has 0 aromatic heterocycles. The molecule has 0 aliphatic carbocycles. The first-order valence-electron chi connectivity index (χ1n) is 7.75. The molecule has 0 spiro atoms. The van der Waals surface area contributed by atoms with Crippen LogP contribution in [0, 0.1) is 10.1 Å². The van der Waals surface area contributed by atoms with E-state index in [4.69, 9.17) is 5.11 Å². The number of carbonyl (C=O) groups is 2. The molecule has 0 aliphatic heterocycles. The minimum atomic E-state index is -4.03. The zero-order valence-electron chi connectivity index (χ0n) is 14.4. The van der Waals surface area contributed by atoms with Gasteiger partial charge in [0, 0.05) is 31.6 Å². The van der Waals surface area contributed by atoms with E-state index in [0.29, 0.717) is 0 Å². The van der Waals surface area contributed by atoms with Crippen molar-refractivity contribution < 1.29 is 28.0 Å². The highest BCUT2D eigenvalue weighted by atomic mass is 32.2. The minimum absolute atomic E-state index is 0.0440. The Bertz CT molecular complexity index is 779. The molecular weight excluding hydrogens is 366 g/mol. The lowest BCUT2D eigenvalue weighted by Crippen LogP contribution is -2.47. The van der Waals surface area contributed by atoms with Crippen molar-refractivity contribution >= 4 is 27.6 Å². The SMILES string of the molecule is CC(=O)NCCN(C(C)C(=O)O)S(=O)(=O)CCc1ccccc1[N+](=O)[O-]. The van der Waals surface area contributed by atoms with Crippen molar-refractivity contribution in [2.75, 3.05) is 18.8 Å². The van der Waals surface area contributed by atoms with Gasteiger partial charge >= 0.3 is 5.97 Å². The summed E-state index contributed by atoms with van der Waals surface area (Å²) in [5.74, 6) is -2.19. The Kier molecular flexibility index (Phi) is 7.65. The number of sulfonamides is 1. The van der Waals surface area contributed by atoms with Gasteiger partial charge in [-0.25, -0.2) is 8.42 Å². The van der Waals surface area contributed by atoms with Crippen molar-refractivity contribution in [3.63, 3.8) is 0 Å². The maximum atomic E-state index is 12.6. The highest BCUT2D eigenvalue weighted by Crippen LogP contribution is 2.19. The first-order valence-corrected chi connectivity index (χ1v) is 9.36. The van der Waals surface area contributed by atoms with Gasteiger partial charge in [-0.15, -0.1) is 0 Å². The number of hydrogen-bond acceptors (Lipinski definition) is 6. The minimum Gasteiger partial charge on any atom is -0.480 e. The average molecular weight is 387 g/mol. The third-order valence-electron chi connectivity index (χ3n) is 3.67. The molecule has 0 saturated carbocycles. The number of carboxylic acids is 1. The van der Waals surface area contributed by atoms with Gasteiger partial charge in [0.15, 0.2) is 0 Å². The summed E-state index contributed by atoms with van der Waals surface area (Å²) < 4.78 is 26.0. The summed E-state index contributed by atoms with van der Waals surface area (Å²) in [5.41, 5.74) is 0.0460. The quantitative estimate of drug-likeness (QED) is 0.435. The highest BCUT2D eigenvalue weighted by Gasteiger charge is 2.31. The molecule has 0 aliphatic rings. The lowest BCUT2D eigenvalue weighted by atomic mass is 10.1. The van der Waals surface area contributed by atoms with Crippen molar-refractivity contribution in [1.82, 2.24) is 9.62 Å². The number of hydrogen-bond donors (Lipinski definition) is 2. The Hall–Kier alpha value is -2.53. The Morgan fingerprint density at radius 1 is 1.35 bits per heavy atom. The average Bonchev–Trinajstić information content (AvgIpc) is 2.56. The molecule has 1 rings (SSSR count). The second kappa shape index (κ2) is 9.25. The standard InChI is InChI=1S/C15H21N3O7S/c1-11(15(20)21)17(9-8-16-12(2)19)26(24,25)10-7-13-5-3-4-6-14(13)18(22)23/h3-6,11H,7-10H2,1-2H3,(H,16,19)(H,20,21). The van der Waals surface area contributed by atoms with Gasteiger partial charge in [-0.2, -0.15) is 4.31 Å². The number of carboxylic acid groups (broad SMARTS) is 1. The summed E-state index contributed by atoms with van der Waals surface area (Å²) in [7, 11) is -4.03. The summed E-state index contributed by atoms with van der Waals surface area (Å²) in [6, 6.07) is 4.43. The summed E-state index contributed by atoms with van der Waals surface area (Å²) in [6.07, 6.45) is -0.136. The van der Waals surface area contributed by atoms with Gasteiger partial charge < -0.3 is 10.4 Å². The van der Waals surface area contributed by atoms with Crippen LogP contribution in [0.1, 0.15) is 19.4 Å². The number of rotatable bonds is 10. The summed E-state index contributed by atoms with van der Waals surface area (Å²) in [6.45, 7) is 2.22.